The van der Waals surface area contributed by atoms with Crippen molar-refractivity contribution in [3.63, 3.8) is 0 Å². The molecule has 1 fully saturated rings. The van der Waals surface area contributed by atoms with Gasteiger partial charge >= 0.3 is 0 Å². The fraction of sp³-hybridized carbons (Fsp3) is 0.391. The van der Waals surface area contributed by atoms with Gasteiger partial charge in [-0.3, -0.25) is 4.57 Å². The Bertz CT molecular complexity index is 1150. The van der Waals surface area contributed by atoms with Gasteiger partial charge in [0.2, 0.25) is 5.89 Å². The zero-order chi connectivity index (χ0) is 21.9. The average Bonchev–Trinajstić information content (AvgIpc) is 3.60. The summed E-state index contributed by atoms with van der Waals surface area (Å²) in [5.74, 6) is 2.90. The zero-order valence-electron chi connectivity index (χ0n) is 18.1. The first-order chi connectivity index (χ1) is 15.7. The van der Waals surface area contributed by atoms with Crippen molar-refractivity contribution in [1.82, 2.24) is 25.0 Å². The van der Waals surface area contributed by atoms with Crippen LogP contribution in [-0.4, -0.2) is 32.1 Å². The van der Waals surface area contributed by atoms with Crippen molar-refractivity contribution in [3.05, 3.63) is 47.7 Å². The molecular formula is C23H25N5O2S2. The van der Waals surface area contributed by atoms with Gasteiger partial charge in [0.05, 0.1) is 17.2 Å². The largest absolute Gasteiger partial charge is 0.497 e. The van der Waals surface area contributed by atoms with Crippen LogP contribution >= 0.6 is 23.1 Å². The lowest BCUT2D eigenvalue weighted by Crippen LogP contribution is -2.15. The summed E-state index contributed by atoms with van der Waals surface area (Å²) in [6.45, 7) is 2.07. The monoisotopic (exact) mass is 467 g/mol. The molecule has 9 heteroatoms. The first-order valence-electron chi connectivity index (χ1n) is 10.9. The highest BCUT2D eigenvalue weighted by molar-refractivity contribution is 7.99. The van der Waals surface area contributed by atoms with Gasteiger partial charge in [0.25, 0.3) is 5.89 Å². The fourth-order valence-electron chi connectivity index (χ4n) is 4.07. The fourth-order valence-corrected chi connectivity index (χ4v) is 5.66. The molecular weight excluding hydrogens is 442 g/mol. The van der Waals surface area contributed by atoms with Gasteiger partial charge in [-0.2, -0.15) is 0 Å². The van der Waals surface area contributed by atoms with Gasteiger partial charge in [-0.15, -0.1) is 31.7 Å². The maximum Gasteiger partial charge on any atom is 0.257 e. The molecule has 166 valence electrons. The second-order valence-corrected chi connectivity index (χ2v) is 10.1. The molecule has 0 saturated heterocycles. The summed E-state index contributed by atoms with van der Waals surface area (Å²) in [7, 11) is 1.68. The molecule has 7 nitrogen and oxygen atoms in total. The van der Waals surface area contributed by atoms with Crippen LogP contribution in [0.1, 0.15) is 56.2 Å². The van der Waals surface area contributed by atoms with Gasteiger partial charge < -0.3 is 9.15 Å². The third-order valence-corrected chi connectivity index (χ3v) is 7.66. The molecule has 0 radical (unpaired) electrons. The molecule has 3 aromatic heterocycles. The SMILES string of the molecule is COc1ccc(-c2nnc(S[C@@H](C)c3nnc(-c4cccs4)o3)n2C2CCCCC2)cc1. The molecule has 0 bridgehead atoms. The third kappa shape index (κ3) is 4.31. The van der Waals surface area contributed by atoms with E-state index in [0.717, 1.165) is 40.0 Å². The van der Waals surface area contributed by atoms with Crippen molar-refractivity contribution in [2.24, 2.45) is 0 Å². The quantitative estimate of drug-likeness (QED) is 0.290. The van der Waals surface area contributed by atoms with Crippen LogP contribution in [0, 0.1) is 0 Å². The number of hydrogen-bond acceptors (Lipinski definition) is 8. The Hall–Kier alpha value is -2.65. The van der Waals surface area contributed by atoms with Crippen molar-refractivity contribution < 1.29 is 9.15 Å². The Morgan fingerprint density at radius 2 is 1.88 bits per heavy atom. The molecule has 0 unspecified atom stereocenters. The molecule has 0 spiro atoms. The van der Waals surface area contributed by atoms with Crippen LogP contribution in [0.3, 0.4) is 0 Å². The second-order valence-electron chi connectivity index (χ2n) is 7.88. The van der Waals surface area contributed by atoms with Crippen LogP contribution in [0.5, 0.6) is 5.75 Å². The lowest BCUT2D eigenvalue weighted by molar-refractivity contribution is 0.339. The summed E-state index contributed by atoms with van der Waals surface area (Å²) in [5.41, 5.74) is 1.04. The standard InChI is InChI=1S/C23H25N5O2S2/c1-15(21-25-26-22(30-21)19-9-6-14-31-19)32-23-27-24-20(16-10-12-18(29-2)13-11-16)28(23)17-7-4-3-5-8-17/h6,9-15,17H,3-5,7-8H2,1-2H3/t15-/m0/s1. The van der Waals surface area contributed by atoms with Gasteiger partial charge in [-0.1, -0.05) is 37.1 Å². The van der Waals surface area contributed by atoms with E-state index < -0.39 is 0 Å². The summed E-state index contributed by atoms with van der Waals surface area (Å²) >= 11 is 3.21. The van der Waals surface area contributed by atoms with Crippen LogP contribution in [0.15, 0.2) is 51.4 Å². The molecule has 0 N–H and O–H groups in total. The Morgan fingerprint density at radius 1 is 1.06 bits per heavy atom. The normalized spacial score (nSPS) is 15.7. The Kier molecular flexibility index (Phi) is 6.27. The number of benzene rings is 1. The molecule has 0 amide bonds. The second kappa shape index (κ2) is 9.46. The van der Waals surface area contributed by atoms with E-state index in [0.29, 0.717) is 17.8 Å². The van der Waals surface area contributed by atoms with Crippen molar-refractivity contribution in [3.8, 4) is 27.9 Å². The van der Waals surface area contributed by atoms with E-state index in [4.69, 9.17) is 9.15 Å². The van der Waals surface area contributed by atoms with E-state index in [1.165, 1.54) is 19.3 Å². The Morgan fingerprint density at radius 3 is 2.59 bits per heavy atom. The van der Waals surface area contributed by atoms with Crippen LogP contribution in [0.2, 0.25) is 0 Å². The highest BCUT2D eigenvalue weighted by Crippen LogP contribution is 2.40. The topological polar surface area (TPSA) is 78.9 Å². The minimum absolute atomic E-state index is 0.0357. The average molecular weight is 468 g/mol. The number of nitrogens with zero attached hydrogens (tertiary/aromatic N) is 5. The van der Waals surface area contributed by atoms with E-state index in [9.17, 15) is 0 Å². The van der Waals surface area contributed by atoms with E-state index in [1.807, 2.05) is 41.8 Å². The first-order valence-corrected chi connectivity index (χ1v) is 12.6. The molecule has 3 heterocycles. The smallest absolute Gasteiger partial charge is 0.257 e. The number of rotatable bonds is 7. The molecule has 0 aliphatic heterocycles. The Balaban J connectivity index is 1.44. The summed E-state index contributed by atoms with van der Waals surface area (Å²) in [4.78, 5) is 0.980. The summed E-state index contributed by atoms with van der Waals surface area (Å²) < 4.78 is 13.6. The molecule has 1 aromatic carbocycles. The van der Waals surface area contributed by atoms with Crippen molar-refractivity contribution in [2.75, 3.05) is 7.11 Å². The molecule has 1 aliphatic rings. The van der Waals surface area contributed by atoms with Crippen LogP contribution in [0.4, 0.5) is 0 Å². The van der Waals surface area contributed by atoms with Gasteiger partial charge in [-0.25, -0.2) is 0 Å². The molecule has 1 atom stereocenters. The predicted molar refractivity (Wildman–Crippen MR) is 126 cm³/mol. The maximum atomic E-state index is 5.96. The van der Waals surface area contributed by atoms with Crippen molar-refractivity contribution in [2.45, 2.75) is 55.5 Å². The van der Waals surface area contributed by atoms with Crippen molar-refractivity contribution in [1.29, 1.82) is 0 Å². The van der Waals surface area contributed by atoms with E-state index >= 15 is 0 Å². The van der Waals surface area contributed by atoms with Gasteiger partial charge in [0, 0.05) is 11.6 Å². The van der Waals surface area contributed by atoms with E-state index in [-0.39, 0.29) is 5.25 Å². The summed E-state index contributed by atoms with van der Waals surface area (Å²) in [6, 6.07) is 12.4. The summed E-state index contributed by atoms with van der Waals surface area (Å²) in [5, 5.41) is 20.6. The molecule has 5 rings (SSSR count). The molecule has 4 aromatic rings. The lowest BCUT2D eigenvalue weighted by Gasteiger charge is -2.26. The lowest BCUT2D eigenvalue weighted by atomic mass is 9.95. The third-order valence-electron chi connectivity index (χ3n) is 5.76. The van der Waals surface area contributed by atoms with Gasteiger partial charge in [0.1, 0.15) is 5.75 Å². The number of thioether (sulfide) groups is 1. The highest BCUT2D eigenvalue weighted by Gasteiger charge is 2.26. The molecule has 1 aliphatic carbocycles. The predicted octanol–water partition coefficient (Wildman–Crippen LogP) is 6.42. The Labute approximate surface area is 195 Å². The minimum Gasteiger partial charge on any atom is -0.497 e. The molecule has 32 heavy (non-hydrogen) atoms. The summed E-state index contributed by atoms with van der Waals surface area (Å²) in [6.07, 6.45) is 6.05. The number of ether oxygens (including phenoxy) is 1. The number of methoxy groups -OCH3 is 1. The number of aromatic nitrogens is 5. The maximum absolute atomic E-state index is 5.96. The van der Waals surface area contributed by atoms with Gasteiger partial charge in [-0.05, 0) is 55.5 Å². The van der Waals surface area contributed by atoms with Crippen molar-refractivity contribution >= 4 is 23.1 Å². The minimum atomic E-state index is -0.0357. The highest BCUT2D eigenvalue weighted by atomic mass is 32.2. The number of hydrogen-bond donors (Lipinski definition) is 0. The zero-order valence-corrected chi connectivity index (χ0v) is 19.7. The van der Waals surface area contributed by atoms with E-state index in [2.05, 4.69) is 31.9 Å². The molecule has 1 saturated carbocycles. The first kappa shape index (κ1) is 21.2. The van der Waals surface area contributed by atoms with E-state index in [1.54, 1.807) is 30.2 Å². The van der Waals surface area contributed by atoms with Gasteiger partial charge in [0.15, 0.2) is 11.0 Å². The van der Waals surface area contributed by atoms with Crippen LogP contribution in [0.25, 0.3) is 22.2 Å². The van der Waals surface area contributed by atoms with Crippen LogP contribution in [-0.2, 0) is 0 Å². The number of thiophene rings is 1. The van der Waals surface area contributed by atoms with Crippen LogP contribution < -0.4 is 4.74 Å².